The van der Waals surface area contributed by atoms with E-state index in [1.807, 2.05) is 46.1 Å². The number of hydrogen-bond donors (Lipinski definition) is 0. The SMILES string of the molecule is CSc1ncc(C(=O)N2CCN(c3ccc(C(C)=O)cc3F)CC2)n1-c1ccccc1. The monoisotopic (exact) mass is 438 g/mol. The number of aromatic nitrogens is 2. The van der Waals surface area contributed by atoms with Gasteiger partial charge in [-0.05, 0) is 43.5 Å². The van der Waals surface area contributed by atoms with Crippen molar-refractivity contribution in [1.82, 2.24) is 14.5 Å². The van der Waals surface area contributed by atoms with E-state index in [2.05, 4.69) is 4.98 Å². The molecule has 3 aromatic rings. The second kappa shape index (κ2) is 8.93. The van der Waals surface area contributed by atoms with Crippen LogP contribution in [0.4, 0.5) is 10.1 Å². The Morgan fingerprint density at radius 1 is 1.03 bits per heavy atom. The van der Waals surface area contributed by atoms with Gasteiger partial charge in [0.05, 0.1) is 11.9 Å². The summed E-state index contributed by atoms with van der Waals surface area (Å²) < 4.78 is 16.4. The number of Topliss-reactive ketones (excluding diaryl/α,β-unsaturated/α-hetero) is 1. The highest BCUT2D eigenvalue weighted by Gasteiger charge is 2.27. The first-order valence-corrected chi connectivity index (χ1v) is 11.2. The van der Waals surface area contributed by atoms with Crippen LogP contribution in [0.5, 0.6) is 0 Å². The van der Waals surface area contributed by atoms with Crippen molar-refractivity contribution in [3.05, 3.63) is 71.8 Å². The molecular formula is C23H23FN4O2S. The van der Waals surface area contributed by atoms with Crippen LogP contribution in [0, 0.1) is 5.82 Å². The van der Waals surface area contributed by atoms with E-state index in [1.54, 1.807) is 23.2 Å². The van der Waals surface area contributed by atoms with Crippen LogP contribution in [0.25, 0.3) is 5.69 Å². The zero-order valence-electron chi connectivity index (χ0n) is 17.4. The van der Waals surface area contributed by atoms with Gasteiger partial charge in [0, 0.05) is 37.4 Å². The fraction of sp³-hybridized carbons (Fsp3) is 0.261. The maximum absolute atomic E-state index is 14.5. The fourth-order valence-corrected chi connectivity index (χ4v) is 4.30. The van der Waals surface area contributed by atoms with Crippen molar-refractivity contribution in [3.8, 4) is 5.69 Å². The van der Waals surface area contributed by atoms with Crippen molar-refractivity contribution in [1.29, 1.82) is 0 Å². The highest BCUT2D eigenvalue weighted by atomic mass is 32.2. The molecule has 8 heteroatoms. The third kappa shape index (κ3) is 4.20. The summed E-state index contributed by atoms with van der Waals surface area (Å²) in [6.07, 6.45) is 3.55. The highest BCUT2D eigenvalue weighted by molar-refractivity contribution is 7.98. The summed E-state index contributed by atoms with van der Waals surface area (Å²) in [4.78, 5) is 32.8. The lowest BCUT2D eigenvalue weighted by molar-refractivity contribution is 0.0737. The molecular weight excluding hydrogens is 415 g/mol. The van der Waals surface area contributed by atoms with Crippen LogP contribution in [-0.4, -0.2) is 58.6 Å². The van der Waals surface area contributed by atoms with Crippen LogP contribution >= 0.6 is 11.8 Å². The number of para-hydroxylation sites is 1. The van der Waals surface area contributed by atoms with E-state index < -0.39 is 5.82 Å². The Balaban J connectivity index is 1.51. The Kier molecular flexibility index (Phi) is 6.08. The van der Waals surface area contributed by atoms with Gasteiger partial charge in [-0.25, -0.2) is 9.37 Å². The topological polar surface area (TPSA) is 58.4 Å². The maximum atomic E-state index is 14.5. The quantitative estimate of drug-likeness (QED) is 0.447. The average molecular weight is 439 g/mol. The van der Waals surface area contributed by atoms with Gasteiger partial charge >= 0.3 is 0 Å². The maximum Gasteiger partial charge on any atom is 0.272 e. The van der Waals surface area contributed by atoms with Crippen LogP contribution < -0.4 is 4.90 Å². The van der Waals surface area contributed by atoms with Crippen molar-refractivity contribution < 1.29 is 14.0 Å². The van der Waals surface area contributed by atoms with Crippen molar-refractivity contribution in [3.63, 3.8) is 0 Å². The van der Waals surface area contributed by atoms with Crippen LogP contribution in [-0.2, 0) is 0 Å². The molecule has 0 bridgehead atoms. The molecule has 0 atom stereocenters. The Bertz CT molecular complexity index is 1110. The first kappa shape index (κ1) is 21.1. The number of carbonyl (C=O) groups excluding carboxylic acids is 2. The van der Waals surface area contributed by atoms with E-state index in [9.17, 15) is 14.0 Å². The number of hydrogen-bond acceptors (Lipinski definition) is 5. The summed E-state index contributed by atoms with van der Waals surface area (Å²) >= 11 is 1.48. The molecule has 0 radical (unpaired) electrons. The minimum atomic E-state index is -0.417. The number of rotatable bonds is 5. The van der Waals surface area contributed by atoms with Crippen molar-refractivity contribution >= 4 is 29.1 Å². The van der Waals surface area contributed by atoms with Gasteiger partial charge < -0.3 is 9.80 Å². The van der Waals surface area contributed by atoms with Crippen molar-refractivity contribution in [2.75, 3.05) is 37.3 Å². The number of thioether (sulfide) groups is 1. The Hall–Kier alpha value is -3.13. The number of nitrogens with zero attached hydrogens (tertiary/aromatic N) is 4. The lowest BCUT2D eigenvalue weighted by Gasteiger charge is -2.36. The zero-order chi connectivity index (χ0) is 22.0. The van der Waals surface area contributed by atoms with Crippen LogP contribution in [0.3, 0.4) is 0 Å². The van der Waals surface area contributed by atoms with Crippen molar-refractivity contribution in [2.45, 2.75) is 12.1 Å². The molecule has 160 valence electrons. The number of amides is 1. The van der Waals surface area contributed by atoms with Gasteiger partial charge in [-0.3, -0.25) is 14.2 Å². The first-order chi connectivity index (χ1) is 15.0. The molecule has 1 amide bonds. The Morgan fingerprint density at radius 2 is 1.74 bits per heavy atom. The van der Waals surface area contributed by atoms with Crippen molar-refractivity contribution in [2.24, 2.45) is 0 Å². The Labute approximate surface area is 184 Å². The zero-order valence-corrected chi connectivity index (χ0v) is 18.2. The molecule has 1 aliphatic rings. The molecule has 1 saturated heterocycles. The first-order valence-electron chi connectivity index (χ1n) is 10.0. The predicted octanol–water partition coefficient (Wildman–Crippen LogP) is 3.90. The van der Waals surface area contributed by atoms with Gasteiger partial charge in [0.2, 0.25) is 0 Å². The normalized spacial score (nSPS) is 14.0. The van der Waals surface area contributed by atoms with Gasteiger partial charge in [0.1, 0.15) is 11.5 Å². The highest BCUT2D eigenvalue weighted by Crippen LogP contribution is 2.25. The number of ketones is 1. The van der Waals surface area contributed by atoms with Gasteiger partial charge in [-0.1, -0.05) is 30.0 Å². The average Bonchev–Trinajstić information content (AvgIpc) is 3.23. The summed E-state index contributed by atoms with van der Waals surface area (Å²) in [6.45, 7) is 3.39. The van der Waals surface area contributed by atoms with E-state index >= 15 is 0 Å². The van der Waals surface area contributed by atoms with Gasteiger partial charge in [-0.15, -0.1) is 0 Å². The molecule has 2 aromatic carbocycles. The number of anilines is 1. The summed E-state index contributed by atoms with van der Waals surface area (Å²) in [6, 6.07) is 14.2. The lowest BCUT2D eigenvalue weighted by atomic mass is 10.1. The molecule has 0 unspecified atom stereocenters. The van der Waals surface area contributed by atoms with Crippen LogP contribution in [0.2, 0.25) is 0 Å². The molecule has 4 rings (SSSR count). The lowest BCUT2D eigenvalue weighted by Crippen LogP contribution is -2.49. The summed E-state index contributed by atoms with van der Waals surface area (Å²) in [5.74, 6) is -0.677. The summed E-state index contributed by atoms with van der Waals surface area (Å²) in [5.41, 5.74) is 2.21. The smallest absolute Gasteiger partial charge is 0.272 e. The Morgan fingerprint density at radius 3 is 2.35 bits per heavy atom. The molecule has 0 N–H and O–H groups in total. The molecule has 0 saturated carbocycles. The van der Waals surface area contributed by atoms with E-state index in [4.69, 9.17) is 0 Å². The van der Waals surface area contributed by atoms with E-state index in [-0.39, 0.29) is 11.7 Å². The van der Waals surface area contributed by atoms with Crippen LogP contribution in [0.15, 0.2) is 59.9 Å². The molecule has 6 nitrogen and oxygen atoms in total. The molecule has 31 heavy (non-hydrogen) atoms. The van der Waals surface area contributed by atoms with E-state index in [0.29, 0.717) is 43.1 Å². The molecule has 1 fully saturated rings. The fourth-order valence-electron chi connectivity index (χ4n) is 3.75. The number of piperazine rings is 1. The number of imidazole rings is 1. The van der Waals surface area contributed by atoms with E-state index in [0.717, 1.165) is 10.8 Å². The number of benzene rings is 2. The van der Waals surface area contributed by atoms with Gasteiger partial charge in [0.25, 0.3) is 5.91 Å². The van der Waals surface area contributed by atoms with Crippen LogP contribution in [0.1, 0.15) is 27.8 Å². The second-order valence-electron chi connectivity index (χ2n) is 7.30. The van der Waals surface area contributed by atoms with Gasteiger partial charge in [-0.2, -0.15) is 0 Å². The second-order valence-corrected chi connectivity index (χ2v) is 8.08. The van der Waals surface area contributed by atoms with E-state index in [1.165, 1.54) is 24.8 Å². The number of carbonyl (C=O) groups is 2. The van der Waals surface area contributed by atoms with Gasteiger partial charge in [0.15, 0.2) is 10.9 Å². The largest absolute Gasteiger partial charge is 0.366 e. The minimum absolute atomic E-state index is 0.0938. The third-order valence-electron chi connectivity index (χ3n) is 5.41. The molecule has 2 heterocycles. The third-order valence-corrected chi connectivity index (χ3v) is 6.06. The molecule has 0 aliphatic carbocycles. The summed E-state index contributed by atoms with van der Waals surface area (Å²) in [7, 11) is 0. The predicted molar refractivity (Wildman–Crippen MR) is 120 cm³/mol. The summed E-state index contributed by atoms with van der Waals surface area (Å²) in [5, 5.41) is 0.751. The molecule has 1 aromatic heterocycles. The number of halogens is 1. The molecule has 1 aliphatic heterocycles. The standard InChI is InChI=1S/C23H23FN4O2S/c1-16(29)17-8-9-20(19(24)14-17)26-10-12-27(13-11-26)22(30)21-15-25-23(31-2)28(21)18-6-4-3-5-7-18/h3-9,14-15H,10-13H2,1-2H3. The minimum Gasteiger partial charge on any atom is -0.366 e. The molecule has 0 spiro atoms.